The Balaban J connectivity index is 3.10. The average Bonchev–Trinajstić information content (AvgIpc) is 2.19. The maximum atomic E-state index is 13.2. The number of hydrogen-bond acceptors (Lipinski definition) is 2. The quantitative estimate of drug-likeness (QED) is 0.787. The normalized spacial score (nSPS) is 13.1. The van der Waals surface area contributed by atoms with E-state index in [0.29, 0.717) is 6.07 Å². The Morgan fingerprint density at radius 1 is 1.33 bits per heavy atom. The van der Waals surface area contributed by atoms with Crippen molar-refractivity contribution in [3.05, 3.63) is 28.5 Å². The van der Waals surface area contributed by atoms with Crippen molar-refractivity contribution in [2.45, 2.75) is 11.1 Å². The molecule has 0 amide bonds. The third-order valence-electron chi connectivity index (χ3n) is 2.00. The number of rotatable bonds is 3. The summed E-state index contributed by atoms with van der Waals surface area (Å²) in [7, 11) is -3.58. The van der Waals surface area contributed by atoms with Gasteiger partial charge in [0.05, 0.1) is 9.37 Å². The fraction of sp³-hybridized carbons (Fsp3) is 0.333. The number of benzene rings is 1. The smallest absolute Gasteiger partial charge is 0.207 e. The van der Waals surface area contributed by atoms with Crippen LogP contribution in [-0.2, 0) is 10.0 Å². The van der Waals surface area contributed by atoms with E-state index in [-0.39, 0.29) is 8.78 Å². The summed E-state index contributed by atoms with van der Waals surface area (Å²) in [6.45, 7) is -1.63. The topological polar surface area (TPSA) is 37.4 Å². The second-order valence-corrected chi connectivity index (χ2v) is 6.35. The average molecular weight is 350 g/mol. The number of hydrogen-bond donors (Lipinski definition) is 0. The Morgan fingerprint density at radius 3 is 2.33 bits per heavy atom. The van der Waals surface area contributed by atoms with Gasteiger partial charge in [-0.25, -0.2) is 12.8 Å². The lowest BCUT2D eigenvalue weighted by molar-refractivity contribution is -0.134. The SMILES string of the molecule is CN(CC(F)(F)F)S(=O)(=O)c1ccc(Br)c(F)c1. The predicted molar refractivity (Wildman–Crippen MR) is 60.0 cm³/mol. The number of halogens is 5. The van der Waals surface area contributed by atoms with Gasteiger partial charge in [-0.3, -0.25) is 0 Å². The fourth-order valence-electron chi connectivity index (χ4n) is 1.15. The summed E-state index contributed by atoms with van der Waals surface area (Å²) in [4.78, 5) is -0.532. The Labute approximate surface area is 110 Å². The van der Waals surface area contributed by atoms with E-state index in [1.54, 1.807) is 0 Å². The van der Waals surface area contributed by atoms with Crippen LogP contribution < -0.4 is 0 Å². The molecule has 0 saturated heterocycles. The Bertz CT molecular complexity index is 544. The van der Waals surface area contributed by atoms with Crippen LogP contribution in [0.5, 0.6) is 0 Å². The first kappa shape index (κ1) is 15.4. The van der Waals surface area contributed by atoms with Gasteiger partial charge in [-0.2, -0.15) is 17.5 Å². The van der Waals surface area contributed by atoms with Gasteiger partial charge in [-0.05, 0) is 34.1 Å². The Hall–Kier alpha value is -0.670. The van der Waals surface area contributed by atoms with Crippen molar-refractivity contribution in [1.29, 1.82) is 0 Å². The lowest BCUT2D eigenvalue weighted by Crippen LogP contribution is -2.35. The molecule has 3 nitrogen and oxygen atoms in total. The summed E-state index contributed by atoms with van der Waals surface area (Å²) in [6.07, 6.45) is -4.66. The molecule has 0 heterocycles. The van der Waals surface area contributed by atoms with E-state index in [0.717, 1.165) is 19.2 Å². The van der Waals surface area contributed by atoms with E-state index in [1.165, 1.54) is 0 Å². The molecule has 1 aromatic carbocycles. The van der Waals surface area contributed by atoms with Crippen LogP contribution in [-0.4, -0.2) is 32.5 Å². The molecule has 0 radical (unpaired) electrons. The summed E-state index contributed by atoms with van der Waals surface area (Å²) >= 11 is 2.82. The zero-order valence-corrected chi connectivity index (χ0v) is 11.4. The molecule has 0 N–H and O–H groups in total. The van der Waals surface area contributed by atoms with Gasteiger partial charge in [-0.1, -0.05) is 0 Å². The molecule has 0 fully saturated rings. The molecule has 0 bridgehead atoms. The van der Waals surface area contributed by atoms with Crippen LogP contribution in [0.25, 0.3) is 0 Å². The number of nitrogens with zero attached hydrogens (tertiary/aromatic N) is 1. The zero-order valence-electron chi connectivity index (χ0n) is 9.00. The van der Waals surface area contributed by atoms with Crippen LogP contribution in [0.3, 0.4) is 0 Å². The molecule has 1 rings (SSSR count). The Kier molecular flexibility index (Phi) is 4.39. The fourth-order valence-corrected chi connectivity index (χ4v) is 2.57. The van der Waals surface area contributed by atoms with Crippen LogP contribution >= 0.6 is 15.9 Å². The highest BCUT2D eigenvalue weighted by Crippen LogP contribution is 2.24. The first-order valence-corrected chi connectivity index (χ1v) is 6.75. The van der Waals surface area contributed by atoms with E-state index in [1.807, 2.05) is 0 Å². The molecule has 9 heteroatoms. The monoisotopic (exact) mass is 349 g/mol. The van der Waals surface area contributed by atoms with Crippen molar-refractivity contribution in [2.75, 3.05) is 13.6 Å². The molecule has 0 saturated carbocycles. The molecule has 0 aromatic heterocycles. The highest BCUT2D eigenvalue weighted by atomic mass is 79.9. The Morgan fingerprint density at radius 2 is 1.89 bits per heavy atom. The van der Waals surface area contributed by atoms with Gasteiger partial charge in [0.15, 0.2) is 0 Å². The first-order chi connectivity index (χ1) is 8.04. The summed E-state index contributed by atoms with van der Waals surface area (Å²) in [5.41, 5.74) is 0. The molecule has 1 aromatic rings. The maximum absolute atomic E-state index is 13.2. The minimum Gasteiger partial charge on any atom is -0.207 e. The largest absolute Gasteiger partial charge is 0.402 e. The van der Waals surface area contributed by atoms with Crippen molar-refractivity contribution in [2.24, 2.45) is 0 Å². The zero-order chi connectivity index (χ0) is 14.1. The number of alkyl halides is 3. The minimum absolute atomic E-state index is 0.0277. The van der Waals surface area contributed by atoms with Gasteiger partial charge in [0, 0.05) is 7.05 Å². The second-order valence-electron chi connectivity index (χ2n) is 3.45. The van der Waals surface area contributed by atoms with Crippen LogP contribution in [0, 0.1) is 5.82 Å². The van der Waals surface area contributed by atoms with E-state index in [4.69, 9.17) is 0 Å². The molecule has 0 atom stereocenters. The minimum atomic E-state index is -4.66. The van der Waals surface area contributed by atoms with Crippen LogP contribution in [0.4, 0.5) is 17.6 Å². The standard InChI is InChI=1S/C9H8BrF4NO2S/c1-15(5-9(12,13)14)18(16,17)6-2-3-7(10)8(11)4-6/h2-4H,5H2,1H3. The van der Waals surface area contributed by atoms with E-state index in [2.05, 4.69) is 15.9 Å². The highest BCUT2D eigenvalue weighted by molar-refractivity contribution is 9.10. The van der Waals surface area contributed by atoms with E-state index >= 15 is 0 Å². The van der Waals surface area contributed by atoms with Crippen LogP contribution in [0.15, 0.2) is 27.6 Å². The third kappa shape index (κ3) is 3.66. The van der Waals surface area contributed by atoms with Crippen molar-refractivity contribution in [3.8, 4) is 0 Å². The predicted octanol–water partition coefficient (Wildman–Crippen LogP) is 2.77. The molecular weight excluding hydrogens is 342 g/mol. The molecule has 0 spiro atoms. The summed E-state index contributed by atoms with van der Waals surface area (Å²) in [6, 6.07) is 2.80. The molecular formula is C9H8BrF4NO2S. The van der Waals surface area contributed by atoms with E-state index < -0.39 is 33.5 Å². The molecule has 0 unspecified atom stereocenters. The molecule has 0 aliphatic carbocycles. The van der Waals surface area contributed by atoms with Gasteiger partial charge in [0.2, 0.25) is 10.0 Å². The van der Waals surface area contributed by atoms with Gasteiger partial charge in [-0.15, -0.1) is 0 Å². The van der Waals surface area contributed by atoms with Crippen molar-refractivity contribution in [1.82, 2.24) is 4.31 Å². The van der Waals surface area contributed by atoms with Gasteiger partial charge in [0.25, 0.3) is 0 Å². The van der Waals surface area contributed by atoms with Crippen molar-refractivity contribution in [3.63, 3.8) is 0 Å². The van der Waals surface area contributed by atoms with Gasteiger partial charge in [0.1, 0.15) is 12.4 Å². The van der Waals surface area contributed by atoms with Crippen LogP contribution in [0.1, 0.15) is 0 Å². The second kappa shape index (κ2) is 5.14. The lowest BCUT2D eigenvalue weighted by atomic mass is 10.3. The van der Waals surface area contributed by atoms with Crippen molar-refractivity contribution >= 4 is 26.0 Å². The molecule has 18 heavy (non-hydrogen) atoms. The third-order valence-corrected chi connectivity index (χ3v) is 4.44. The first-order valence-electron chi connectivity index (χ1n) is 4.52. The lowest BCUT2D eigenvalue weighted by Gasteiger charge is -2.18. The van der Waals surface area contributed by atoms with Crippen LogP contribution in [0.2, 0.25) is 0 Å². The van der Waals surface area contributed by atoms with E-state index in [9.17, 15) is 26.0 Å². The van der Waals surface area contributed by atoms with Gasteiger partial charge >= 0.3 is 6.18 Å². The molecule has 0 aliphatic heterocycles. The number of sulfonamides is 1. The summed E-state index contributed by atoms with van der Waals surface area (Å²) in [5.74, 6) is -0.864. The highest BCUT2D eigenvalue weighted by Gasteiger charge is 2.34. The maximum Gasteiger partial charge on any atom is 0.402 e. The molecule has 102 valence electrons. The van der Waals surface area contributed by atoms with Gasteiger partial charge < -0.3 is 0 Å². The summed E-state index contributed by atoms with van der Waals surface area (Å²) < 4.78 is 73.1. The summed E-state index contributed by atoms with van der Waals surface area (Å²) in [5, 5.41) is 0. The van der Waals surface area contributed by atoms with Crippen molar-refractivity contribution < 1.29 is 26.0 Å². The molecule has 0 aliphatic rings.